The molecule has 0 saturated heterocycles. The molecule has 1 N–H and O–H groups in total. The van der Waals surface area contributed by atoms with Crippen LogP contribution in [0.3, 0.4) is 0 Å². The predicted molar refractivity (Wildman–Crippen MR) is 80.5 cm³/mol. The van der Waals surface area contributed by atoms with E-state index in [4.69, 9.17) is 0 Å². The monoisotopic (exact) mass is 264 g/mol. The summed E-state index contributed by atoms with van der Waals surface area (Å²) in [7, 11) is 4.26. The van der Waals surface area contributed by atoms with Crippen LogP contribution in [-0.4, -0.2) is 40.1 Å². The second-order valence-corrected chi connectivity index (χ2v) is 6.56. The van der Waals surface area contributed by atoms with Gasteiger partial charge in [-0.3, -0.25) is 0 Å². The lowest BCUT2D eigenvalue weighted by atomic mass is 9.96. The Hall–Kier alpha value is -1.03. The number of hydrogen-bond acceptors (Lipinski definition) is 3. The van der Waals surface area contributed by atoms with Gasteiger partial charge < -0.3 is 14.8 Å². The van der Waals surface area contributed by atoms with E-state index < -0.39 is 0 Å². The fourth-order valence-electron chi connectivity index (χ4n) is 2.56. The zero-order valence-electron chi connectivity index (χ0n) is 12.8. The number of hydrogen-bond donors (Lipinski definition) is 1. The number of nitrogens with one attached hydrogen (secondary N) is 1. The molecule has 0 bridgehead atoms. The quantitative estimate of drug-likeness (QED) is 0.887. The Morgan fingerprint density at radius 2 is 2.00 bits per heavy atom. The smallest absolute Gasteiger partial charge is 0.203 e. The average molecular weight is 264 g/mol. The molecule has 2 rings (SSSR count). The van der Waals surface area contributed by atoms with E-state index in [1.807, 2.05) is 6.20 Å². The molecule has 0 aromatic carbocycles. The maximum absolute atomic E-state index is 4.49. The van der Waals surface area contributed by atoms with Gasteiger partial charge in [0.05, 0.1) is 0 Å². The maximum atomic E-state index is 4.49. The minimum atomic E-state index is 0.129. The van der Waals surface area contributed by atoms with E-state index in [0.29, 0.717) is 6.04 Å². The summed E-state index contributed by atoms with van der Waals surface area (Å²) in [4.78, 5) is 6.75. The highest BCUT2D eigenvalue weighted by Gasteiger charge is 2.23. The summed E-state index contributed by atoms with van der Waals surface area (Å²) in [6.07, 6.45) is 10.6. The van der Waals surface area contributed by atoms with Crippen molar-refractivity contribution in [3.8, 4) is 0 Å². The van der Waals surface area contributed by atoms with Gasteiger partial charge in [0.15, 0.2) is 0 Å². The second-order valence-electron chi connectivity index (χ2n) is 6.56. The topological polar surface area (TPSA) is 33.1 Å². The van der Waals surface area contributed by atoms with Crippen molar-refractivity contribution in [1.82, 2.24) is 14.5 Å². The largest absolute Gasteiger partial charge is 0.353 e. The Bertz CT molecular complexity index is 389. The third kappa shape index (κ3) is 3.72. The van der Waals surface area contributed by atoms with E-state index in [9.17, 15) is 0 Å². The van der Waals surface area contributed by atoms with Gasteiger partial charge in [0.1, 0.15) is 0 Å². The first kappa shape index (κ1) is 14.4. The minimum absolute atomic E-state index is 0.129. The molecule has 1 fully saturated rings. The van der Waals surface area contributed by atoms with Crippen molar-refractivity contribution < 1.29 is 0 Å². The van der Waals surface area contributed by atoms with Gasteiger partial charge in [0, 0.05) is 30.5 Å². The first-order chi connectivity index (χ1) is 8.99. The van der Waals surface area contributed by atoms with Gasteiger partial charge in [-0.1, -0.05) is 19.3 Å². The molecule has 4 heteroatoms. The van der Waals surface area contributed by atoms with E-state index in [1.54, 1.807) is 0 Å². The standard InChI is InChI=1S/C15H28N4/c1-15(2,18(3)4)12-19-11-10-16-14(19)17-13-8-6-5-7-9-13/h10-11,13H,5-9,12H2,1-4H3,(H,16,17). The number of rotatable bonds is 5. The molecule has 0 amide bonds. The van der Waals surface area contributed by atoms with Crippen LogP contribution in [0.15, 0.2) is 12.4 Å². The Balaban J connectivity index is 2.01. The van der Waals surface area contributed by atoms with Crippen LogP contribution in [0.5, 0.6) is 0 Å². The summed E-state index contributed by atoms with van der Waals surface area (Å²) in [6.45, 7) is 5.48. The summed E-state index contributed by atoms with van der Waals surface area (Å²) in [5.74, 6) is 1.03. The molecule has 0 unspecified atom stereocenters. The van der Waals surface area contributed by atoms with Crippen LogP contribution < -0.4 is 5.32 Å². The first-order valence-electron chi connectivity index (χ1n) is 7.44. The Morgan fingerprint density at radius 1 is 1.32 bits per heavy atom. The molecule has 1 aromatic rings. The highest BCUT2D eigenvalue weighted by molar-refractivity contribution is 5.28. The van der Waals surface area contributed by atoms with Gasteiger partial charge in [-0.2, -0.15) is 0 Å². The highest BCUT2D eigenvalue weighted by atomic mass is 15.2. The molecule has 1 saturated carbocycles. The van der Waals surface area contributed by atoms with Gasteiger partial charge in [-0.25, -0.2) is 4.98 Å². The zero-order chi connectivity index (χ0) is 13.9. The molecular formula is C15H28N4. The molecule has 0 aliphatic heterocycles. The number of anilines is 1. The molecule has 1 aliphatic rings. The Morgan fingerprint density at radius 3 is 2.63 bits per heavy atom. The normalized spacial score (nSPS) is 17.9. The van der Waals surface area contributed by atoms with E-state index >= 15 is 0 Å². The third-order valence-electron chi connectivity index (χ3n) is 4.42. The van der Waals surface area contributed by atoms with Crippen molar-refractivity contribution in [3.63, 3.8) is 0 Å². The molecule has 19 heavy (non-hydrogen) atoms. The predicted octanol–water partition coefficient (Wildman–Crippen LogP) is 2.97. The van der Waals surface area contributed by atoms with Crippen molar-refractivity contribution >= 4 is 5.95 Å². The van der Waals surface area contributed by atoms with Crippen molar-refractivity contribution in [2.24, 2.45) is 0 Å². The number of imidazole rings is 1. The van der Waals surface area contributed by atoms with E-state index in [0.717, 1.165) is 12.5 Å². The third-order valence-corrected chi connectivity index (χ3v) is 4.42. The lowest BCUT2D eigenvalue weighted by Crippen LogP contribution is -2.42. The van der Waals surface area contributed by atoms with Crippen molar-refractivity contribution in [2.75, 3.05) is 19.4 Å². The highest BCUT2D eigenvalue weighted by Crippen LogP contribution is 2.22. The van der Waals surface area contributed by atoms with Crippen molar-refractivity contribution in [1.29, 1.82) is 0 Å². The number of nitrogens with zero attached hydrogens (tertiary/aromatic N) is 3. The van der Waals surface area contributed by atoms with Crippen LogP contribution in [0.2, 0.25) is 0 Å². The van der Waals surface area contributed by atoms with Crippen LogP contribution in [0, 0.1) is 0 Å². The number of aromatic nitrogens is 2. The van der Waals surface area contributed by atoms with Crippen molar-refractivity contribution in [2.45, 2.75) is 64.1 Å². The lowest BCUT2D eigenvalue weighted by molar-refractivity contribution is 0.170. The van der Waals surface area contributed by atoms with Crippen LogP contribution in [0.4, 0.5) is 5.95 Å². The summed E-state index contributed by atoms with van der Waals surface area (Å²) >= 11 is 0. The first-order valence-corrected chi connectivity index (χ1v) is 7.44. The molecule has 0 spiro atoms. The molecule has 1 aliphatic carbocycles. The van der Waals surface area contributed by atoms with Crippen LogP contribution in [0.25, 0.3) is 0 Å². The van der Waals surface area contributed by atoms with Crippen LogP contribution in [-0.2, 0) is 6.54 Å². The summed E-state index contributed by atoms with van der Waals surface area (Å²) < 4.78 is 2.24. The molecule has 0 radical (unpaired) electrons. The van der Waals surface area contributed by atoms with E-state index in [2.05, 4.69) is 53.9 Å². The molecule has 0 atom stereocenters. The van der Waals surface area contributed by atoms with Crippen LogP contribution >= 0.6 is 0 Å². The second kappa shape index (κ2) is 5.95. The summed E-state index contributed by atoms with van der Waals surface area (Å²) in [6, 6.07) is 0.609. The van der Waals surface area contributed by atoms with Gasteiger partial charge in [-0.15, -0.1) is 0 Å². The molecule has 108 valence electrons. The zero-order valence-corrected chi connectivity index (χ0v) is 12.8. The molecule has 4 nitrogen and oxygen atoms in total. The van der Waals surface area contributed by atoms with Gasteiger partial charge in [0.25, 0.3) is 0 Å². The Labute approximate surface area is 117 Å². The minimum Gasteiger partial charge on any atom is -0.353 e. The van der Waals surface area contributed by atoms with Crippen molar-refractivity contribution in [3.05, 3.63) is 12.4 Å². The molecule has 1 heterocycles. The van der Waals surface area contributed by atoms with Crippen LogP contribution in [0.1, 0.15) is 46.0 Å². The molecule has 1 aromatic heterocycles. The number of likely N-dealkylation sites (N-methyl/N-ethyl adjacent to an activating group) is 1. The molecular weight excluding hydrogens is 236 g/mol. The van der Waals surface area contributed by atoms with E-state index in [1.165, 1.54) is 32.1 Å². The fraction of sp³-hybridized carbons (Fsp3) is 0.800. The summed E-state index contributed by atoms with van der Waals surface area (Å²) in [5, 5.41) is 3.62. The lowest BCUT2D eigenvalue weighted by Gasteiger charge is -2.33. The van der Waals surface area contributed by atoms with Gasteiger partial charge >= 0.3 is 0 Å². The average Bonchev–Trinajstić information content (AvgIpc) is 2.77. The van der Waals surface area contributed by atoms with Gasteiger partial charge in [0.2, 0.25) is 5.95 Å². The fourth-order valence-corrected chi connectivity index (χ4v) is 2.56. The maximum Gasteiger partial charge on any atom is 0.203 e. The van der Waals surface area contributed by atoms with Gasteiger partial charge in [-0.05, 0) is 40.8 Å². The van der Waals surface area contributed by atoms with E-state index in [-0.39, 0.29) is 5.54 Å². The summed E-state index contributed by atoms with van der Waals surface area (Å²) in [5.41, 5.74) is 0.129. The SMILES string of the molecule is CN(C)C(C)(C)Cn1ccnc1NC1CCCCC1. The Kier molecular flexibility index (Phi) is 4.50.